The van der Waals surface area contributed by atoms with Crippen molar-refractivity contribution < 1.29 is 13.2 Å². The summed E-state index contributed by atoms with van der Waals surface area (Å²) >= 11 is 0. The molecule has 0 amide bonds. The van der Waals surface area contributed by atoms with Gasteiger partial charge in [0.25, 0.3) is 0 Å². The molecule has 1 atom stereocenters. The molecule has 1 aliphatic heterocycles. The highest BCUT2D eigenvalue weighted by molar-refractivity contribution is 7.90. The molecule has 116 valence electrons. The molecule has 1 saturated heterocycles. The van der Waals surface area contributed by atoms with Crippen LogP contribution >= 0.6 is 0 Å². The monoisotopic (exact) mass is 319 g/mol. The fourth-order valence-corrected chi connectivity index (χ4v) is 2.84. The molecule has 3 N–H and O–H groups in total. The third-order valence-corrected chi connectivity index (χ3v) is 4.47. The molecule has 1 unspecified atom stereocenters. The molecule has 0 bridgehead atoms. The number of rotatable bonds is 4. The van der Waals surface area contributed by atoms with Gasteiger partial charge in [0, 0.05) is 6.26 Å². The average Bonchev–Trinajstić information content (AvgIpc) is 3.00. The van der Waals surface area contributed by atoms with Crippen LogP contribution in [0.1, 0.15) is 0 Å². The molecule has 1 fully saturated rings. The van der Waals surface area contributed by atoms with E-state index in [4.69, 9.17) is 4.74 Å². The molecule has 0 radical (unpaired) electrons. The fraction of sp³-hybridized carbons (Fsp3) is 0.200. The first-order valence-electron chi connectivity index (χ1n) is 6.83. The van der Waals surface area contributed by atoms with Crippen molar-refractivity contribution in [2.75, 3.05) is 12.8 Å². The molecule has 0 aromatic heterocycles. The number of hydrogen-bond acceptors (Lipinski definition) is 6. The molecule has 0 aliphatic carbocycles. The lowest BCUT2D eigenvalue weighted by Gasteiger charge is -2.13. The Hall–Kier alpha value is -1.93. The summed E-state index contributed by atoms with van der Waals surface area (Å²) in [5, 5.41) is 0. The van der Waals surface area contributed by atoms with E-state index in [-0.39, 0.29) is 6.23 Å². The summed E-state index contributed by atoms with van der Waals surface area (Å²) in [6, 6.07) is 14.5. The summed E-state index contributed by atoms with van der Waals surface area (Å²) in [4.78, 5) is 0.316. The number of sulfone groups is 1. The number of nitrogens with one attached hydrogen (secondary N) is 3. The Morgan fingerprint density at radius 1 is 1.09 bits per heavy atom. The molecule has 22 heavy (non-hydrogen) atoms. The van der Waals surface area contributed by atoms with Gasteiger partial charge in [0.15, 0.2) is 16.1 Å². The first-order valence-corrected chi connectivity index (χ1v) is 8.72. The van der Waals surface area contributed by atoms with Crippen LogP contribution in [0, 0.1) is 0 Å². The van der Waals surface area contributed by atoms with Crippen LogP contribution in [0.4, 0.5) is 0 Å². The molecular formula is C15H17N3O3S. The summed E-state index contributed by atoms with van der Waals surface area (Å²) in [5.41, 5.74) is 10.5. The molecule has 1 aliphatic rings. The Morgan fingerprint density at radius 2 is 1.86 bits per heavy atom. The lowest BCUT2D eigenvalue weighted by atomic mass is 10.1. The predicted octanol–water partition coefficient (Wildman–Crippen LogP) is 1.07. The Kier molecular flexibility index (Phi) is 4.12. The number of benzene rings is 2. The normalized spacial score (nSPS) is 18.3. The minimum absolute atomic E-state index is 0.136. The Balaban J connectivity index is 1.82. The van der Waals surface area contributed by atoms with Crippen molar-refractivity contribution in [3.63, 3.8) is 0 Å². The van der Waals surface area contributed by atoms with Crippen LogP contribution in [0.15, 0.2) is 53.4 Å². The van der Waals surface area contributed by atoms with Crippen molar-refractivity contribution in [2.45, 2.75) is 11.1 Å². The maximum absolute atomic E-state index is 11.5. The number of hydrazine groups is 2. The zero-order chi connectivity index (χ0) is 15.6. The SMILES string of the molecule is CS(=O)(=O)c1ccc(-c2cccc(OC3CNNN3)c2)cc1. The van der Waals surface area contributed by atoms with E-state index in [0.717, 1.165) is 16.9 Å². The van der Waals surface area contributed by atoms with Crippen LogP contribution in [0.2, 0.25) is 0 Å². The summed E-state index contributed by atoms with van der Waals surface area (Å²) in [6.45, 7) is 0.660. The first kappa shape index (κ1) is 15.0. The average molecular weight is 319 g/mol. The second-order valence-corrected chi connectivity index (χ2v) is 7.10. The zero-order valence-corrected chi connectivity index (χ0v) is 12.9. The van der Waals surface area contributed by atoms with Gasteiger partial charge in [0.2, 0.25) is 0 Å². The second kappa shape index (κ2) is 6.05. The van der Waals surface area contributed by atoms with Crippen molar-refractivity contribution in [3.05, 3.63) is 48.5 Å². The van der Waals surface area contributed by atoms with Crippen molar-refractivity contribution in [1.29, 1.82) is 0 Å². The number of ether oxygens (including phenoxy) is 1. The zero-order valence-electron chi connectivity index (χ0n) is 12.0. The third kappa shape index (κ3) is 3.45. The molecule has 6 nitrogen and oxygen atoms in total. The van der Waals surface area contributed by atoms with Crippen LogP contribution in [0.5, 0.6) is 5.75 Å². The van der Waals surface area contributed by atoms with Crippen molar-refractivity contribution in [3.8, 4) is 16.9 Å². The van der Waals surface area contributed by atoms with Crippen LogP contribution in [0.25, 0.3) is 11.1 Å². The van der Waals surface area contributed by atoms with Gasteiger partial charge in [-0.3, -0.25) is 0 Å². The largest absolute Gasteiger partial charge is 0.473 e. The molecule has 0 spiro atoms. The van der Waals surface area contributed by atoms with Gasteiger partial charge >= 0.3 is 0 Å². The highest BCUT2D eigenvalue weighted by Gasteiger charge is 2.14. The van der Waals surface area contributed by atoms with E-state index in [2.05, 4.69) is 16.4 Å². The maximum atomic E-state index is 11.5. The topological polar surface area (TPSA) is 79.5 Å². The van der Waals surface area contributed by atoms with Gasteiger partial charge in [-0.25, -0.2) is 19.3 Å². The van der Waals surface area contributed by atoms with Gasteiger partial charge in [-0.2, -0.15) is 5.53 Å². The van der Waals surface area contributed by atoms with Gasteiger partial charge < -0.3 is 4.74 Å². The third-order valence-electron chi connectivity index (χ3n) is 3.34. The van der Waals surface area contributed by atoms with Gasteiger partial charge in [-0.1, -0.05) is 24.3 Å². The molecule has 0 saturated carbocycles. The van der Waals surface area contributed by atoms with E-state index in [1.807, 2.05) is 24.3 Å². The molecule has 2 aromatic rings. The predicted molar refractivity (Wildman–Crippen MR) is 83.7 cm³/mol. The summed E-state index contributed by atoms with van der Waals surface area (Å²) in [6.07, 6.45) is 1.07. The van der Waals surface area contributed by atoms with Crippen molar-refractivity contribution in [2.24, 2.45) is 0 Å². The highest BCUT2D eigenvalue weighted by atomic mass is 32.2. The first-order chi connectivity index (χ1) is 10.5. The van der Waals surface area contributed by atoms with Gasteiger partial charge in [-0.05, 0) is 35.4 Å². The Labute approximate surface area is 129 Å². The quantitative estimate of drug-likeness (QED) is 0.782. The Bertz CT molecular complexity index is 754. The molecule has 3 rings (SSSR count). The minimum Gasteiger partial charge on any atom is -0.473 e. The smallest absolute Gasteiger partial charge is 0.177 e. The van der Waals surface area contributed by atoms with Crippen molar-refractivity contribution >= 4 is 9.84 Å². The van der Waals surface area contributed by atoms with Gasteiger partial charge in [0.05, 0.1) is 11.4 Å². The molecule has 7 heteroatoms. The van der Waals surface area contributed by atoms with Gasteiger partial charge in [0.1, 0.15) is 5.75 Å². The minimum atomic E-state index is -3.17. The number of hydrogen-bond donors (Lipinski definition) is 3. The Morgan fingerprint density at radius 3 is 2.50 bits per heavy atom. The van der Waals surface area contributed by atoms with E-state index < -0.39 is 9.84 Å². The van der Waals surface area contributed by atoms with Crippen LogP contribution in [-0.4, -0.2) is 27.4 Å². The molecular weight excluding hydrogens is 302 g/mol. The molecule has 1 heterocycles. The van der Waals surface area contributed by atoms with E-state index >= 15 is 0 Å². The second-order valence-electron chi connectivity index (χ2n) is 5.08. The van der Waals surface area contributed by atoms with E-state index in [1.54, 1.807) is 24.3 Å². The summed E-state index contributed by atoms with van der Waals surface area (Å²) in [5.74, 6) is 0.743. The van der Waals surface area contributed by atoms with E-state index in [0.29, 0.717) is 11.4 Å². The lowest BCUT2D eigenvalue weighted by Crippen LogP contribution is -2.36. The summed E-state index contributed by atoms with van der Waals surface area (Å²) < 4.78 is 28.8. The lowest BCUT2D eigenvalue weighted by molar-refractivity contribution is 0.191. The maximum Gasteiger partial charge on any atom is 0.177 e. The highest BCUT2D eigenvalue weighted by Crippen LogP contribution is 2.25. The van der Waals surface area contributed by atoms with E-state index in [1.165, 1.54) is 6.26 Å². The van der Waals surface area contributed by atoms with Crippen LogP contribution in [0.3, 0.4) is 0 Å². The van der Waals surface area contributed by atoms with Gasteiger partial charge in [-0.15, -0.1) is 0 Å². The van der Waals surface area contributed by atoms with Crippen LogP contribution < -0.4 is 21.1 Å². The fourth-order valence-electron chi connectivity index (χ4n) is 2.21. The standard InChI is InChI=1S/C15H17N3O3S/c1-22(19,20)14-7-5-11(6-8-14)12-3-2-4-13(9-12)21-15-10-16-18-17-15/h2-9,15-18H,10H2,1H3. The summed E-state index contributed by atoms with van der Waals surface area (Å²) in [7, 11) is -3.17. The molecule has 2 aromatic carbocycles. The van der Waals surface area contributed by atoms with Crippen molar-refractivity contribution in [1.82, 2.24) is 16.4 Å². The van der Waals surface area contributed by atoms with Crippen LogP contribution in [-0.2, 0) is 9.84 Å². The van der Waals surface area contributed by atoms with E-state index in [9.17, 15) is 8.42 Å².